The Morgan fingerprint density at radius 2 is 1.23 bits per heavy atom. The molecule has 30 heavy (non-hydrogen) atoms. The average molecular weight is 414 g/mol. The summed E-state index contributed by atoms with van der Waals surface area (Å²) in [5.41, 5.74) is 2.03. The van der Waals surface area contributed by atoms with E-state index in [1.807, 2.05) is 30.3 Å². The van der Waals surface area contributed by atoms with E-state index in [-0.39, 0.29) is 30.0 Å². The van der Waals surface area contributed by atoms with Gasteiger partial charge in [0.25, 0.3) is 0 Å². The van der Waals surface area contributed by atoms with Crippen LogP contribution in [0, 0.1) is 11.8 Å². The molecular weight excluding hydrogens is 388 g/mol. The van der Waals surface area contributed by atoms with Crippen LogP contribution in [0.1, 0.15) is 30.3 Å². The highest BCUT2D eigenvalue weighted by Gasteiger charge is 2.48. The minimum absolute atomic E-state index is 0.0676. The van der Waals surface area contributed by atoms with Gasteiger partial charge in [-0.15, -0.1) is 0 Å². The highest BCUT2D eigenvalue weighted by atomic mass is 16.6. The fraction of sp³-hybridized carbons (Fsp3) is 0.435. The van der Waals surface area contributed by atoms with Crippen molar-refractivity contribution in [3.8, 4) is 23.0 Å². The lowest BCUT2D eigenvalue weighted by Gasteiger charge is -2.18. The quantitative estimate of drug-likeness (QED) is 0.527. The maximum atomic E-state index is 11.3. The fourth-order valence-corrected chi connectivity index (χ4v) is 4.36. The summed E-state index contributed by atoms with van der Waals surface area (Å²) in [5, 5.41) is 0. The van der Waals surface area contributed by atoms with E-state index in [1.165, 1.54) is 6.92 Å². The van der Waals surface area contributed by atoms with Gasteiger partial charge in [0.15, 0.2) is 23.0 Å². The van der Waals surface area contributed by atoms with Crippen molar-refractivity contribution in [1.29, 1.82) is 0 Å². The van der Waals surface area contributed by atoms with Gasteiger partial charge in [-0.1, -0.05) is 12.1 Å². The van der Waals surface area contributed by atoms with Crippen LogP contribution < -0.4 is 18.9 Å². The Labute approximate surface area is 175 Å². The number of ether oxygens (including phenoxy) is 6. The third-order valence-electron chi connectivity index (χ3n) is 5.77. The van der Waals surface area contributed by atoms with Crippen LogP contribution in [-0.2, 0) is 14.3 Å². The van der Waals surface area contributed by atoms with Crippen LogP contribution in [-0.4, -0.2) is 40.5 Å². The topological polar surface area (TPSA) is 72.5 Å². The van der Waals surface area contributed by atoms with Crippen molar-refractivity contribution in [2.75, 3.05) is 34.5 Å². The summed E-state index contributed by atoms with van der Waals surface area (Å²) < 4.78 is 33.8. The molecule has 2 aromatic rings. The molecule has 2 aliphatic heterocycles. The molecule has 0 bridgehead atoms. The van der Waals surface area contributed by atoms with Gasteiger partial charge in [0, 0.05) is 18.8 Å². The first kappa shape index (κ1) is 20.5. The van der Waals surface area contributed by atoms with Gasteiger partial charge in [0.1, 0.15) is 0 Å². The standard InChI is InChI=1S/C23H26O7/c1-13(24)30-19-8-6-15(10-21(19)27-4)23-17-12-28-22(16(17)11-29-23)14-5-7-18(25-2)20(9-14)26-3/h5-10,16-17,22-23H,11-12H2,1-4H3/t16-,17-,22-,23+/m0/s1. The lowest BCUT2D eigenvalue weighted by atomic mass is 9.85. The van der Waals surface area contributed by atoms with E-state index >= 15 is 0 Å². The number of fused-ring (bicyclic) bond motifs is 1. The van der Waals surface area contributed by atoms with Crippen molar-refractivity contribution in [2.45, 2.75) is 19.1 Å². The molecule has 0 aliphatic carbocycles. The van der Waals surface area contributed by atoms with Gasteiger partial charge in [0.05, 0.1) is 46.8 Å². The zero-order valence-corrected chi connectivity index (χ0v) is 17.5. The average Bonchev–Trinajstić information content (AvgIpc) is 3.35. The van der Waals surface area contributed by atoms with Crippen molar-refractivity contribution in [3.63, 3.8) is 0 Å². The van der Waals surface area contributed by atoms with Crippen LogP contribution in [0.5, 0.6) is 23.0 Å². The molecule has 2 saturated heterocycles. The number of benzene rings is 2. The van der Waals surface area contributed by atoms with Crippen molar-refractivity contribution in [1.82, 2.24) is 0 Å². The van der Waals surface area contributed by atoms with Gasteiger partial charge in [-0.2, -0.15) is 0 Å². The van der Waals surface area contributed by atoms with Gasteiger partial charge < -0.3 is 28.4 Å². The zero-order chi connectivity index (χ0) is 21.3. The predicted octanol–water partition coefficient (Wildman–Crippen LogP) is 3.71. The molecule has 2 fully saturated rings. The molecule has 2 aliphatic rings. The predicted molar refractivity (Wildman–Crippen MR) is 108 cm³/mol. The van der Waals surface area contributed by atoms with E-state index in [2.05, 4.69) is 0 Å². The highest BCUT2D eigenvalue weighted by molar-refractivity contribution is 5.70. The van der Waals surface area contributed by atoms with Crippen LogP contribution in [0.3, 0.4) is 0 Å². The summed E-state index contributed by atoms with van der Waals surface area (Å²) in [6, 6.07) is 11.4. The first-order chi connectivity index (χ1) is 14.5. The Morgan fingerprint density at radius 3 is 1.70 bits per heavy atom. The zero-order valence-electron chi connectivity index (χ0n) is 17.5. The van der Waals surface area contributed by atoms with E-state index in [1.54, 1.807) is 27.4 Å². The third-order valence-corrected chi connectivity index (χ3v) is 5.77. The number of esters is 1. The summed E-state index contributed by atoms with van der Waals surface area (Å²) in [4.78, 5) is 11.3. The smallest absolute Gasteiger partial charge is 0.308 e. The second kappa shape index (κ2) is 8.53. The van der Waals surface area contributed by atoms with Gasteiger partial charge in [-0.25, -0.2) is 0 Å². The molecule has 0 N–H and O–H groups in total. The van der Waals surface area contributed by atoms with E-state index in [9.17, 15) is 4.79 Å². The largest absolute Gasteiger partial charge is 0.493 e. The van der Waals surface area contributed by atoms with Gasteiger partial charge in [0.2, 0.25) is 0 Å². The molecule has 160 valence electrons. The Bertz CT molecular complexity index is 926. The van der Waals surface area contributed by atoms with Crippen molar-refractivity contribution in [3.05, 3.63) is 47.5 Å². The number of hydrogen-bond acceptors (Lipinski definition) is 7. The second-order valence-corrected chi connectivity index (χ2v) is 7.45. The van der Waals surface area contributed by atoms with Crippen molar-refractivity contribution < 1.29 is 33.2 Å². The normalized spacial score (nSPS) is 24.9. The lowest BCUT2D eigenvalue weighted by molar-refractivity contribution is -0.132. The number of methoxy groups -OCH3 is 3. The fourth-order valence-electron chi connectivity index (χ4n) is 4.36. The minimum Gasteiger partial charge on any atom is -0.493 e. The first-order valence-corrected chi connectivity index (χ1v) is 9.87. The summed E-state index contributed by atoms with van der Waals surface area (Å²) in [6.45, 7) is 2.56. The lowest BCUT2D eigenvalue weighted by Crippen LogP contribution is -2.15. The number of hydrogen-bond donors (Lipinski definition) is 0. The van der Waals surface area contributed by atoms with Crippen molar-refractivity contribution in [2.24, 2.45) is 11.8 Å². The van der Waals surface area contributed by atoms with Crippen LogP contribution >= 0.6 is 0 Å². The minimum atomic E-state index is -0.389. The van der Waals surface area contributed by atoms with Crippen LogP contribution in [0.2, 0.25) is 0 Å². The third kappa shape index (κ3) is 3.70. The molecule has 0 saturated carbocycles. The maximum Gasteiger partial charge on any atom is 0.308 e. The summed E-state index contributed by atoms with van der Waals surface area (Å²) in [5.74, 6) is 2.33. The Kier molecular flexibility index (Phi) is 5.83. The molecule has 0 amide bonds. The summed E-state index contributed by atoms with van der Waals surface area (Å²) in [7, 11) is 4.80. The Hall–Kier alpha value is -2.77. The SMILES string of the molecule is COc1ccc([C@@H]2OC[C@H]3[C@@H]2CO[C@@H]3c2ccc(OC(C)=O)c(OC)c2)cc1OC. The van der Waals surface area contributed by atoms with Crippen LogP contribution in [0.15, 0.2) is 36.4 Å². The molecule has 2 aromatic carbocycles. The number of carbonyl (C=O) groups is 1. The van der Waals surface area contributed by atoms with Gasteiger partial charge in [-0.05, 0) is 35.4 Å². The molecule has 0 unspecified atom stereocenters. The summed E-state index contributed by atoms with van der Waals surface area (Å²) >= 11 is 0. The number of carbonyl (C=O) groups excluding carboxylic acids is 1. The van der Waals surface area contributed by atoms with E-state index in [0.717, 1.165) is 11.1 Å². The van der Waals surface area contributed by atoms with Crippen molar-refractivity contribution >= 4 is 5.97 Å². The van der Waals surface area contributed by atoms with Gasteiger partial charge in [-0.3, -0.25) is 4.79 Å². The highest BCUT2D eigenvalue weighted by Crippen LogP contribution is 2.51. The molecule has 4 atom stereocenters. The first-order valence-electron chi connectivity index (χ1n) is 9.87. The molecule has 2 heterocycles. The van der Waals surface area contributed by atoms with E-state index < -0.39 is 0 Å². The number of rotatable bonds is 6. The molecule has 0 aromatic heterocycles. The Balaban J connectivity index is 1.55. The van der Waals surface area contributed by atoms with Crippen LogP contribution in [0.4, 0.5) is 0 Å². The molecule has 0 spiro atoms. The van der Waals surface area contributed by atoms with Gasteiger partial charge >= 0.3 is 5.97 Å². The molecule has 7 nitrogen and oxygen atoms in total. The molecule has 0 radical (unpaired) electrons. The monoisotopic (exact) mass is 414 g/mol. The summed E-state index contributed by atoms with van der Waals surface area (Å²) in [6.07, 6.45) is -0.178. The molecular formula is C23H26O7. The van der Waals surface area contributed by atoms with E-state index in [4.69, 9.17) is 28.4 Å². The van der Waals surface area contributed by atoms with Crippen LogP contribution in [0.25, 0.3) is 0 Å². The second-order valence-electron chi connectivity index (χ2n) is 7.45. The molecule has 7 heteroatoms. The Morgan fingerprint density at radius 1 is 0.767 bits per heavy atom. The molecule has 4 rings (SSSR count). The maximum absolute atomic E-state index is 11.3. The van der Waals surface area contributed by atoms with E-state index in [0.29, 0.717) is 36.2 Å².